The fourth-order valence-electron chi connectivity index (χ4n) is 3.02. The lowest BCUT2D eigenvalue weighted by molar-refractivity contribution is 0.116. The van der Waals surface area contributed by atoms with Gasteiger partial charge in [0.1, 0.15) is 0 Å². The Kier molecular flexibility index (Phi) is 4.41. The maximum Gasteiger partial charge on any atom is 0.0541 e. The number of hydrogen-bond donors (Lipinski definition) is 2. The van der Waals surface area contributed by atoms with E-state index in [-0.39, 0.29) is 6.10 Å². The van der Waals surface area contributed by atoms with Crippen LogP contribution in [0.15, 0.2) is 12.1 Å². The Morgan fingerprint density at radius 1 is 1.06 bits per heavy atom. The highest BCUT2D eigenvalue weighted by Crippen LogP contribution is 2.20. The summed E-state index contributed by atoms with van der Waals surface area (Å²) in [7, 11) is 0. The van der Waals surface area contributed by atoms with Gasteiger partial charge in [0, 0.05) is 12.6 Å². The van der Waals surface area contributed by atoms with Crippen LogP contribution in [-0.4, -0.2) is 17.3 Å². The van der Waals surface area contributed by atoms with E-state index in [1.54, 1.807) is 0 Å². The van der Waals surface area contributed by atoms with Crippen LogP contribution >= 0.6 is 0 Å². The summed E-state index contributed by atoms with van der Waals surface area (Å²) in [5, 5.41) is 13.2. The van der Waals surface area contributed by atoms with Crippen molar-refractivity contribution in [3.8, 4) is 0 Å². The largest absolute Gasteiger partial charge is 0.393 e. The molecule has 0 unspecified atom stereocenters. The molecule has 1 fully saturated rings. The van der Waals surface area contributed by atoms with Gasteiger partial charge in [-0.25, -0.2) is 0 Å². The van der Waals surface area contributed by atoms with Gasteiger partial charge in [-0.3, -0.25) is 0 Å². The van der Waals surface area contributed by atoms with Gasteiger partial charge in [-0.15, -0.1) is 0 Å². The minimum absolute atomic E-state index is 0.0640. The monoisotopic (exact) mass is 247 g/mol. The molecule has 1 aromatic rings. The van der Waals surface area contributed by atoms with Crippen molar-refractivity contribution in [1.29, 1.82) is 0 Å². The third kappa shape index (κ3) is 3.33. The van der Waals surface area contributed by atoms with Crippen molar-refractivity contribution < 1.29 is 5.11 Å². The molecule has 2 nitrogen and oxygen atoms in total. The molecule has 0 amide bonds. The van der Waals surface area contributed by atoms with Gasteiger partial charge in [-0.05, 0) is 63.1 Å². The molecule has 2 heteroatoms. The first-order valence-electron chi connectivity index (χ1n) is 7.04. The van der Waals surface area contributed by atoms with Crippen molar-refractivity contribution in [2.24, 2.45) is 0 Å². The summed E-state index contributed by atoms with van der Waals surface area (Å²) in [6.45, 7) is 7.50. The van der Waals surface area contributed by atoms with Crippen LogP contribution < -0.4 is 5.32 Å². The van der Waals surface area contributed by atoms with Crippen molar-refractivity contribution in [2.45, 2.75) is 65.1 Å². The number of nitrogens with one attached hydrogen (secondary N) is 1. The van der Waals surface area contributed by atoms with E-state index in [1.165, 1.54) is 22.3 Å². The first kappa shape index (κ1) is 13.6. The van der Waals surface area contributed by atoms with Crippen molar-refractivity contribution in [1.82, 2.24) is 5.32 Å². The molecule has 1 saturated carbocycles. The SMILES string of the molecule is Cc1cc(C)c(CNC2CCC(O)CC2)c(C)c1. The molecular formula is C16H25NO. The topological polar surface area (TPSA) is 32.3 Å². The molecule has 1 aliphatic carbocycles. The van der Waals surface area contributed by atoms with Gasteiger partial charge in [-0.1, -0.05) is 17.7 Å². The highest BCUT2D eigenvalue weighted by atomic mass is 16.3. The van der Waals surface area contributed by atoms with Crippen molar-refractivity contribution in [2.75, 3.05) is 0 Å². The maximum absolute atomic E-state index is 9.50. The molecule has 18 heavy (non-hydrogen) atoms. The van der Waals surface area contributed by atoms with Crippen LogP contribution in [0.5, 0.6) is 0 Å². The van der Waals surface area contributed by atoms with Crippen LogP contribution in [0.2, 0.25) is 0 Å². The molecular weight excluding hydrogens is 222 g/mol. The fourth-order valence-corrected chi connectivity index (χ4v) is 3.02. The van der Waals surface area contributed by atoms with Crippen LogP contribution in [0.1, 0.15) is 47.9 Å². The molecule has 2 N–H and O–H groups in total. The Hall–Kier alpha value is -0.860. The van der Waals surface area contributed by atoms with Crippen molar-refractivity contribution in [3.05, 3.63) is 34.4 Å². The molecule has 0 aliphatic heterocycles. The van der Waals surface area contributed by atoms with E-state index in [1.807, 2.05) is 0 Å². The number of hydrogen-bond acceptors (Lipinski definition) is 2. The number of benzene rings is 1. The normalized spacial score (nSPS) is 24.2. The van der Waals surface area contributed by atoms with E-state index in [2.05, 4.69) is 38.2 Å². The fraction of sp³-hybridized carbons (Fsp3) is 0.625. The van der Waals surface area contributed by atoms with Gasteiger partial charge in [0.05, 0.1) is 6.10 Å². The summed E-state index contributed by atoms with van der Waals surface area (Å²) >= 11 is 0. The Morgan fingerprint density at radius 2 is 1.61 bits per heavy atom. The summed E-state index contributed by atoms with van der Waals surface area (Å²) in [5.41, 5.74) is 5.55. The quantitative estimate of drug-likeness (QED) is 0.860. The van der Waals surface area contributed by atoms with E-state index < -0.39 is 0 Å². The lowest BCUT2D eigenvalue weighted by atomic mass is 9.92. The molecule has 0 aromatic heterocycles. The number of aliphatic hydroxyl groups is 1. The van der Waals surface area contributed by atoms with Crippen LogP contribution in [0.25, 0.3) is 0 Å². The molecule has 0 saturated heterocycles. The summed E-state index contributed by atoms with van der Waals surface area (Å²) in [6.07, 6.45) is 4.04. The molecule has 0 heterocycles. The highest BCUT2D eigenvalue weighted by molar-refractivity contribution is 5.37. The van der Waals surface area contributed by atoms with E-state index in [0.29, 0.717) is 6.04 Å². The zero-order valence-electron chi connectivity index (χ0n) is 11.8. The molecule has 1 aromatic carbocycles. The van der Waals surface area contributed by atoms with Crippen molar-refractivity contribution in [3.63, 3.8) is 0 Å². The molecule has 0 bridgehead atoms. The standard InChI is InChI=1S/C16H25NO/c1-11-8-12(2)16(13(3)9-11)10-17-14-4-6-15(18)7-5-14/h8-9,14-15,17-18H,4-7,10H2,1-3H3. The van der Waals surface area contributed by atoms with E-state index in [4.69, 9.17) is 0 Å². The second-order valence-corrected chi connectivity index (χ2v) is 5.76. The third-order valence-corrected chi connectivity index (χ3v) is 4.10. The minimum Gasteiger partial charge on any atom is -0.393 e. The maximum atomic E-state index is 9.50. The molecule has 0 radical (unpaired) electrons. The highest BCUT2D eigenvalue weighted by Gasteiger charge is 2.19. The number of aliphatic hydroxyl groups excluding tert-OH is 1. The zero-order chi connectivity index (χ0) is 13.1. The predicted octanol–water partition coefficient (Wildman–Crippen LogP) is 3.00. The number of aryl methyl sites for hydroxylation is 3. The van der Waals surface area contributed by atoms with Gasteiger partial charge >= 0.3 is 0 Å². The molecule has 100 valence electrons. The summed E-state index contributed by atoms with van der Waals surface area (Å²) < 4.78 is 0. The van der Waals surface area contributed by atoms with Crippen LogP contribution in [-0.2, 0) is 6.54 Å². The second-order valence-electron chi connectivity index (χ2n) is 5.76. The summed E-state index contributed by atoms with van der Waals surface area (Å²) in [5.74, 6) is 0. The smallest absolute Gasteiger partial charge is 0.0541 e. The van der Waals surface area contributed by atoms with Crippen molar-refractivity contribution >= 4 is 0 Å². The lowest BCUT2D eigenvalue weighted by Crippen LogP contribution is -2.34. The first-order valence-corrected chi connectivity index (χ1v) is 7.04. The van der Waals surface area contributed by atoms with Gasteiger partial charge in [-0.2, -0.15) is 0 Å². The van der Waals surface area contributed by atoms with Gasteiger partial charge in [0.15, 0.2) is 0 Å². The van der Waals surface area contributed by atoms with Crippen LogP contribution in [0.3, 0.4) is 0 Å². The van der Waals surface area contributed by atoms with Crippen LogP contribution in [0.4, 0.5) is 0 Å². The van der Waals surface area contributed by atoms with Gasteiger partial charge < -0.3 is 10.4 Å². The summed E-state index contributed by atoms with van der Waals surface area (Å²) in [4.78, 5) is 0. The second kappa shape index (κ2) is 5.85. The average Bonchev–Trinajstić information content (AvgIpc) is 2.30. The van der Waals surface area contributed by atoms with E-state index in [0.717, 1.165) is 32.2 Å². The van der Waals surface area contributed by atoms with E-state index >= 15 is 0 Å². The van der Waals surface area contributed by atoms with Gasteiger partial charge in [0.2, 0.25) is 0 Å². The number of rotatable bonds is 3. The Labute approximate surface area is 110 Å². The predicted molar refractivity (Wildman–Crippen MR) is 75.8 cm³/mol. The Balaban J connectivity index is 1.94. The van der Waals surface area contributed by atoms with Crippen LogP contribution in [0, 0.1) is 20.8 Å². The minimum atomic E-state index is -0.0640. The Bertz CT molecular complexity index is 383. The first-order chi connectivity index (χ1) is 8.56. The van der Waals surface area contributed by atoms with E-state index in [9.17, 15) is 5.11 Å². The zero-order valence-corrected chi connectivity index (χ0v) is 11.8. The molecule has 2 rings (SSSR count). The lowest BCUT2D eigenvalue weighted by Gasteiger charge is -2.27. The molecule has 0 atom stereocenters. The molecule has 0 spiro atoms. The summed E-state index contributed by atoms with van der Waals surface area (Å²) in [6, 6.07) is 5.09. The molecule has 1 aliphatic rings. The average molecular weight is 247 g/mol. The van der Waals surface area contributed by atoms with Gasteiger partial charge in [0.25, 0.3) is 0 Å². The Morgan fingerprint density at radius 3 is 2.17 bits per heavy atom. The third-order valence-electron chi connectivity index (χ3n) is 4.10.